The number of amides is 1. The molecule has 2 saturated heterocycles. The molecule has 2 aliphatic heterocycles. The van der Waals surface area contributed by atoms with Crippen LogP contribution in [0, 0.1) is 5.92 Å². The zero-order chi connectivity index (χ0) is 34.1. The monoisotopic (exact) mass is 694 g/mol. The highest BCUT2D eigenvalue weighted by Crippen LogP contribution is 2.42. The van der Waals surface area contributed by atoms with Crippen LogP contribution in [0.15, 0.2) is 73.1 Å². The number of carbonyl (C=O) groups excluding carboxylic acids is 2. The van der Waals surface area contributed by atoms with Gasteiger partial charge in [-0.2, -0.15) is 0 Å². The normalized spacial score (nSPS) is 16.5. The maximum atomic E-state index is 11.6. The molecule has 49 heavy (non-hydrogen) atoms. The van der Waals surface area contributed by atoms with E-state index in [1.165, 1.54) is 0 Å². The molecule has 5 aromatic rings. The van der Waals surface area contributed by atoms with Crippen LogP contribution in [0.2, 0.25) is 10.0 Å². The van der Waals surface area contributed by atoms with Gasteiger partial charge in [0.15, 0.2) is 0 Å². The number of nitrogens with one attached hydrogen (secondary N) is 2. The number of Topliss-reactive ketones (excluding diaryl/α,β-unsaturated/α-hetero) is 1. The number of methoxy groups -OCH3 is 1. The van der Waals surface area contributed by atoms with Gasteiger partial charge in [-0.3, -0.25) is 24.5 Å². The molecule has 0 saturated carbocycles. The zero-order valence-electron chi connectivity index (χ0n) is 27.3. The topological polar surface area (TPSA) is 109 Å². The molecule has 0 unspecified atom stereocenters. The first kappa shape index (κ1) is 33.1. The molecule has 5 heterocycles. The molecule has 0 radical (unpaired) electrons. The molecular weight excluding hydrogens is 659 g/mol. The number of ether oxygens (including phenoxy) is 1. The van der Waals surface area contributed by atoms with Gasteiger partial charge in [-0.05, 0) is 37.1 Å². The molecule has 1 amide bonds. The van der Waals surface area contributed by atoms with E-state index in [1.807, 2.05) is 67.0 Å². The van der Waals surface area contributed by atoms with Gasteiger partial charge >= 0.3 is 0 Å². The van der Waals surface area contributed by atoms with Crippen molar-refractivity contribution < 1.29 is 14.3 Å². The molecule has 2 fully saturated rings. The van der Waals surface area contributed by atoms with Gasteiger partial charge in [-0.25, -0.2) is 4.98 Å². The first-order valence-electron chi connectivity index (χ1n) is 16.4. The van der Waals surface area contributed by atoms with Crippen molar-refractivity contribution in [1.29, 1.82) is 0 Å². The van der Waals surface area contributed by atoms with E-state index >= 15 is 0 Å². The standard InChI is InChI=1S/C38H36Cl2N6O3/c1-22(47)26-20-46(21-26)19-23-13-25-17-43-34(14-33(25)42-15-23)31-8-4-6-29(37(31)40)28-5-3-7-30(36(28)39)32-11-9-24(38(45-32)49-2)16-41-18-27-10-12-35(48)44-27/h3-9,11,13-15,17,26-27,41H,10,12,16,18-21H2,1-2H3,(H,44,48)/t27-/m0/s1. The molecular formula is C38H36Cl2N6O3. The first-order valence-corrected chi connectivity index (χ1v) is 17.1. The van der Waals surface area contributed by atoms with Crippen molar-refractivity contribution in [2.24, 2.45) is 5.92 Å². The number of aromatic nitrogens is 3. The Morgan fingerprint density at radius 2 is 1.67 bits per heavy atom. The van der Waals surface area contributed by atoms with Gasteiger partial charge < -0.3 is 15.4 Å². The highest BCUT2D eigenvalue weighted by atomic mass is 35.5. The molecule has 11 heteroatoms. The lowest BCUT2D eigenvalue weighted by Crippen LogP contribution is -2.48. The van der Waals surface area contributed by atoms with E-state index in [4.69, 9.17) is 42.9 Å². The third kappa shape index (κ3) is 7.03. The summed E-state index contributed by atoms with van der Waals surface area (Å²) in [6, 6.07) is 19.8. The average molecular weight is 696 g/mol. The predicted octanol–water partition coefficient (Wildman–Crippen LogP) is 6.73. The molecule has 0 aliphatic carbocycles. The number of pyridine rings is 3. The summed E-state index contributed by atoms with van der Waals surface area (Å²) in [7, 11) is 1.60. The van der Waals surface area contributed by atoms with Gasteiger partial charge in [0.1, 0.15) is 5.78 Å². The van der Waals surface area contributed by atoms with Crippen molar-refractivity contribution in [3.63, 3.8) is 0 Å². The largest absolute Gasteiger partial charge is 0.481 e. The van der Waals surface area contributed by atoms with Crippen LogP contribution >= 0.6 is 23.2 Å². The van der Waals surface area contributed by atoms with Crippen LogP contribution in [-0.2, 0) is 22.7 Å². The summed E-state index contributed by atoms with van der Waals surface area (Å²) in [6.45, 7) is 5.25. The predicted molar refractivity (Wildman–Crippen MR) is 193 cm³/mol. The van der Waals surface area contributed by atoms with Crippen LogP contribution in [0.3, 0.4) is 0 Å². The fraction of sp³-hybridized carbons (Fsp3) is 0.289. The van der Waals surface area contributed by atoms with Crippen molar-refractivity contribution in [1.82, 2.24) is 30.5 Å². The molecule has 9 nitrogen and oxygen atoms in total. The fourth-order valence-electron chi connectivity index (χ4n) is 6.53. The minimum atomic E-state index is 0.101. The maximum Gasteiger partial charge on any atom is 0.220 e. The van der Waals surface area contributed by atoms with Gasteiger partial charge in [0.05, 0.1) is 34.1 Å². The second-order valence-corrected chi connectivity index (χ2v) is 13.5. The molecule has 0 spiro atoms. The molecule has 250 valence electrons. The van der Waals surface area contributed by atoms with Gasteiger partial charge in [-0.1, -0.05) is 65.7 Å². The highest BCUT2D eigenvalue weighted by molar-refractivity contribution is 6.39. The van der Waals surface area contributed by atoms with E-state index in [0.29, 0.717) is 46.8 Å². The summed E-state index contributed by atoms with van der Waals surface area (Å²) in [5.41, 5.74) is 7.30. The molecule has 7 rings (SSSR count). The second kappa shape index (κ2) is 14.2. The van der Waals surface area contributed by atoms with Gasteiger partial charge in [0, 0.05) is 96.7 Å². The maximum absolute atomic E-state index is 11.6. The summed E-state index contributed by atoms with van der Waals surface area (Å²) in [6.07, 6.45) is 5.13. The number of rotatable bonds is 11. The molecule has 2 N–H and O–H groups in total. The Balaban J connectivity index is 1.11. The Kier molecular flexibility index (Phi) is 9.60. The summed E-state index contributed by atoms with van der Waals surface area (Å²) in [5.74, 6) is 1.01. The third-order valence-electron chi connectivity index (χ3n) is 9.32. The molecule has 2 aromatic carbocycles. The van der Waals surface area contributed by atoms with E-state index in [9.17, 15) is 9.59 Å². The van der Waals surface area contributed by atoms with Crippen LogP contribution in [0.5, 0.6) is 5.88 Å². The van der Waals surface area contributed by atoms with Crippen molar-refractivity contribution in [2.45, 2.75) is 38.9 Å². The van der Waals surface area contributed by atoms with E-state index in [1.54, 1.807) is 14.0 Å². The summed E-state index contributed by atoms with van der Waals surface area (Å²) in [5, 5.41) is 8.38. The first-order chi connectivity index (χ1) is 23.8. The van der Waals surface area contributed by atoms with Crippen LogP contribution in [0.25, 0.3) is 44.5 Å². The van der Waals surface area contributed by atoms with Crippen LogP contribution in [-0.4, -0.2) is 64.3 Å². The van der Waals surface area contributed by atoms with Crippen molar-refractivity contribution in [3.05, 3.63) is 94.2 Å². The summed E-state index contributed by atoms with van der Waals surface area (Å²) < 4.78 is 5.65. The Hall–Kier alpha value is -4.41. The summed E-state index contributed by atoms with van der Waals surface area (Å²) in [4.78, 5) is 39.6. The number of fused-ring (bicyclic) bond motifs is 1. The number of ketones is 1. The van der Waals surface area contributed by atoms with Crippen LogP contribution < -0.4 is 15.4 Å². The number of nitrogens with zero attached hydrogens (tertiary/aromatic N) is 4. The van der Waals surface area contributed by atoms with Gasteiger partial charge in [0.25, 0.3) is 0 Å². The highest BCUT2D eigenvalue weighted by Gasteiger charge is 2.30. The molecule has 0 bridgehead atoms. The minimum Gasteiger partial charge on any atom is -0.481 e. The summed E-state index contributed by atoms with van der Waals surface area (Å²) >= 11 is 14.2. The number of benzene rings is 2. The van der Waals surface area contributed by atoms with E-state index in [2.05, 4.69) is 21.6 Å². The Labute approximate surface area is 295 Å². The minimum absolute atomic E-state index is 0.101. The average Bonchev–Trinajstić information content (AvgIpc) is 3.50. The lowest BCUT2D eigenvalue weighted by molar-refractivity contribution is -0.126. The smallest absolute Gasteiger partial charge is 0.220 e. The fourth-order valence-corrected chi connectivity index (χ4v) is 7.18. The Morgan fingerprint density at radius 3 is 2.35 bits per heavy atom. The molecule has 1 atom stereocenters. The van der Waals surface area contributed by atoms with Crippen molar-refractivity contribution in [3.8, 4) is 39.5 Å². The number of carbonyl (C=O) groups is 2. The Morgan fingerprint density at radius 1 is 0.959 bits per heavy atom. The lowest BCUT2D eigenvalue weighted by Gasteiger charge is -2.37. The van der Waals surface area contributed by atoms with Crippen LogP contribution in [0.4, 0.5) is 0 Å². The van der Waals surface area contributed by atoms with Crippen molar-refractivity contribution in [2.75, 3.05) is 26.7 Å². The number of hydrogen-bond donors (Lipinski definition) is 2. The van der Waals surface area contributed by atoms with Crippen molar-refractivity contribution >= 4 is 45.8 Å². The number of hydrogen-bond acceptors (Lipinski definition) is 8. The number of likely N-dealkylation sites (tertiary alicyclic amines) is 1. The molecule has 2 aliphatic rings. The second-order valence-electron chi connectivity index (χ2n) is 12.7. The quantitative estimate of drug-likeness (QED) is 0.157. The lowest BCUT2D eigenvalue weighted by atomic mass is 9.95. The van der Waals surface area contributed by atoms with E-state index < -0.39 is 0 Å². The Bertz CT molecular complexity index is 2070. The molecule has 3 aromatic heterocycles. The van der Waals surface area contributed by atoms with Crippen LogP contribution in [0.1, 0.15) is 30.9 Å². The third-order valence-corrected chi connectivity index (χ3v) is 10.1. The van der Waals surface area contributed by atoms with E-state index in [0.717, 1.165) is 70.3 Å². The number of halogens is 2. The zero-order valence-corrected chi connectivity index (χ0v) is 28.8. The van der Waals surface area contributed by atoms with E-state index in [-0.39, 0.29) is 23.7 Å². The van der Waals surface area contributed by atoms with Gasteiger partial charge in [-0.15, -0.1) is 0 Å². The SMILES string of the molecule is COc1nc(-c2cccc(-c3cccc(-c4cc5ncc(CN6CC(C(C)=O)C6)cc5cn4)c3Cl)c2Cl)ccc1CNC[C@@H]1CCC(=O)N1. The van der Waals surface area contributed by atoms with Gasteiger partial charge in [0.2, 0.25) is 11.8 Å².